The number of carbonyl (C=O) groups excluding carboxylic acids is 2. The SMILES string of the molecule is O=C(C=C(O)c1ccccc1)C(=O)SCc1ccccc1. The Morgan fingerprint density at radius 2 is 1.52 bits per heavy atom. The smallest absolute Gasteiger partial charge is 0.259 e. The van der Waals surface area contributed by atoms with E-state index in [4.69, 9.17) is 0 Å². The van der Waals surface area contributed by atoms with Crippen molar-refractivity contribution >= 4 is 28.4 Å². The number of ketones is 1. The lowest BCUT2D eigenvalue weighted by atomic mass is 10.1. The van der Waals surface area contributed by atoms with Gasteiger partial charge in [0, 0.05) is 17.4 Å². The summed E-state index contributed by atoms with van der Waals surface area (Å²) < 4.78 is 0. The summed E-state index contributed by atoms with van der Waals surface area (Å²) in [6, 6.07) is 18.1. The predicted molar refractivity (Wildman–Crippen MR) is 84.8 cm³/mol. The molecule has 21 heavy (non-hydrogen) atoms. The van der Waals surface area contributed by atoms with Crippen LogP contribution in [0.2, 0.25) is 0 Å². The first-order chi connectivity index (χ1) is 10.2. The topological polar surface area (TPSA) is 54.4 Å². The van der Waals surface area contributed by atoms with Gasteiger partial charge < -0.3 is 5.11 Å². The molecule has 106 valence electrons. The molecule has 0 aliphatic rings. The molecular weight excluding hydrogens is 284 g/mol. The second-order valence-corrected chi connectivity index (χ2v) is 5.27. The van der Waals surface area contributed by atoms with Crippen molar-refractivity contribution in [1.82, 2.24) is 0 Å². The number of hydrogen-bond acceptors (Lipinski definition) is 4. The Morgan fingerprint density at radius 1 is 0.952 bits per heavy atom. The van der Waals surface area contributed by atoms with Gasteiger partial charge in [-0.1, -0.05) is 72.4 Å². The van der Waals surface area contributed by atoms with Gasteiger partial charge in [0.15, 0.2) is 0 Å². The van der Waals surface area contributed by atoms with Gasteiger partial charge in [0.25, 0.3) is 5.12 Å². The monoisotopic (exact) mass is 298 g/mol. The van der Waals surface area contributed by atoms with Crippen LogP contribution in [0.15, 0.2) is 66.7 Å². The Morgan fingerprint density at radius 3 is 2.14 bits per heavy atom. The van der Waals surface area contributed by atoms with Crippen molar-refractivity contribution in [1.29, 1.82) is 0 Å². The number of benzene rings is 2. The minimum Gasteiger partial charge on any atom is -0.507 e. The van der Waals surface area contributed by atoms with Crippen LogP contribution < -0.4 is 0 Å². The van der Waals surface area contributed by atoms with Crippen LogP contribution in [-0.2, 0) is 15.3 Å². The summed E-state index contributed by atoms with van der Waals surface area (Å²) >= 11 is 0.931. The fourth-order valence-electron chi connectivity index (χ4n) is 1.67. The summed E-state index contributed by atoms with van der Waals surface area (Å²) in [7, 11) is 0. The van der Waals surface area contributed by atoms with E-state index < -0.39 is 10.9 Å². The highest BCUT2D eigenvalue weighted by Crippen LogP contribution is 2.15. The summed E-state index contributed by atoms with van der Waals surface area (Å²) in [6.45, 7) is 0. The van der Waals surface area contributed by atoms with Crippen molar-refractivity contribution in [3.63, 3.8) is 0 Å². The Kier molecular flexibility index (Phi) is 5.35. The third-order valence-electron chi connectivity index (χ3n) is 2.75. The van der Waals surface area contributed by atoms with Crippen molar-refractivity contribution in [3.05, 3.63) is 77.9 Å². The predicted octanol–water partition coefficient (Wildman–Crippen LogP) is 3.61. The van der Waals surface area contributed by atoms with Gasteiger partial charge in [0.1, 0.15) is 5.76 Å². The highest BCUT2D eigenvalue weighted by molar-refractivity contribution is 8.14. The molecule has 4 heteroatoms. The minimum atomic E-state index is -0.711. The maximum atomic E-state index is 11.7. The Bertz CT molecular complexity index is 648. The van der Waals surface area contributed by atoms with Crippen LogP contribution in [0.5, 0.6) is 0 Å². The van der Waals surface area contributed by atoms with Crippen LogP contribution in [0.4, 0.5) is 0 Å². The van der Waals surface area contributed by atoms with E-state index in [1.165, 1.54) is 0 Å². The molecule has 0 spiro atoms. The fourth-order valence-corrected chi connectivity index (χ4v) is 2.36. The molecule has 0 unspecified atom stereocenters. The molecule has 0 saturated carbocycles. The third-order valence-corrected chi connectivity index (χ3v) is 3.69. The molecule has 1 N–H and O–H groups in total. The van der Waals surface area contributed by atoms with Crippen LogP contribution in [0.25, 0.3) is 5.76 Å². The molecule has 0 aliphatic heterocycles. The molecule has 0 saturated heterocycles. The van der Waals surface area contributed by atoms with Gasteiger partial charge in [0.05, 0.1) is 0 Å². The van der Waals surface area contributed by atoms with Crippen molar-refractivity contribution in [2.24, 2.45) is 0 Å². The molecule has 0 atom stereocenters. The van der Waals surface area contributed by atoms with Gasteiger partial charge in [-0.15, -0.1) is 0 Å². The molecule has 3 nitrogen and oxygen atoms in total. The first kappa shape index (κ1) is 15.1. The molecule has 0 radical (unpaired) electrons. The van der Waals surface area contributed by atoms with Crippen molar-refractivity contribution in [2.45, 2.75) is 5.75 Å². The van der Waals surface area contributed by atoms with Gasteiger partial charge in [-0.3, -0.25) is 9.59 Å². The van der Waals surface area contributed by atoms with E-state index >= 15 is 0 Å². The minimum absolute atomic E-state index is 0.200. The molecule has 0 amide bonds. The molecule has 0 heterocycles. The molecular formula is C17H14O3S. The van der Waals surface area contributed by atoms with Crippen LogP contribution in [0.1, 0.15) is 11.1 Å². The first-order valence-electron chi connectivity index (χ1n) is 6.38. The van der Waals surface area contributed by atoms with Gasteiger partial charge in [-0.25, -0.2) is 0 Å². The van der Waals surface area contributed by atoms with Crippen molar-refractivity contribution in [2.75, 3.05) is 0 Å². The summed E-state index contributed by atoms with van der Waals surface area (Å²) in [4.78, 5) is 23.5. The zero-order chi connectivity index (χ0) is 15.1. The Labute approximate surface area is 127 Å². The van der Waals surface area contributed by atoms with Crippen LogP contribution in [-0.4, -0.2) is 16.0 Å². The molecule has 2 rings (SSSR count). The summed E-state index contributed by atoms with van der Waals surface area (Å²) in [6.07, 6.45) is 0.968. The van der Waals surface area contributed by atoms with Gasteiger partial charge in [-0.05, 0) is 5.56 Å². The molecule has 2 aromatic rings. The number of carbonyl (C=O) groups is 2. The average molecular weight is 298 g/mol. The molecule has 0 aliphatic carbocycles. The van der Waals surface area contributed by atoms with Gasteiger partial charge >= 0.3 is 0 Å². The maximum Gasteiger partial charge on any atom is 0.259 e. The lowest BCUT2D eigenvalue weighted by Crippen LogP contribution is -2.07. The number of hydrogen-bond donors (Lipinski definition) is 1. The summed E-state index contributed by atoms with van der Waals surface area (Å²) in [5, 5.41) is 9.22. The number of aliphatic hydroxyl groups is 1. The zero-order valence-electron chi connectivity index (χ0n) is 11.2. The lowest BCUT2D eigenvalue weighted by Gasteiger charge is -2.00. The van der Waals surface area contributed by atoms with E-state index in [1.54, 1.807) is 30.3 Å². The van der Waals surface area contributed by atoms with Crippen LogP contribution >= 0.6 is 11.8 Å². The first-order valence-corrected chi connectivity index (χ1v) is 7.36. The third kappa shape index (κ3) is 4.61. The molecule has 2 aromatic carbocycles. The average Bonchev–Trinajstić information content (AvgIpc) is 2.54. The van der Waals surface area contributed by atoms with Gasteiger partial charge in [0.2, 0.25) is 5.78 Å². The fraction of sp³-hybridized carbons (Fsp3) is 0.0588. The number of thioether (sulfide) groups is 1. The van der Waals surface area contributed by atoms with E-state index in [0.29, 0.717) is 11.3 Å². The van der Waals surface area contributed by atoms with Crippen LogP contribution in [0, 0.1) is 0 Å². The number of rotatable bonds is 5. The summed E-state index contributed by atoms with van der Waals surface area (Å²) in [5.41, 5.74) is 1.48. The second kappa shape index (κ2) is 7.45. The van der Waals surface area contributed by atoms with Crippen molar-refractivity contribution < 1.29 is 14.7 Å². The second-order valence-electron chi connectivity index (χ2n) is 4.32. The van der Waals surface area contributed by atoms with Gasteiger partial charge in [-0.2, -0.15) is 0 Å². The van der Waals surface area contributed by atoms with Crippen molar-refractivity contribution in [3.8, 4) is 0 Å². The number of aliphatic hydroxyl groups excluding tert-OH is 1. The summed E-state index contributed by atoms with van der Waals surface area (Å²) in [5.74, 6) is -0.475. The largest absolute Gasteiger partial charge is 0.507 e. The van der Waals surface area contributed by atoms with E-state index in [9.17, 15) is 14.7 Å². The number of allylic oxidation sites excluding steroid dienone is 1. The Hall–Kier alpha value is -2.33. The van der Waals surface area contributed by atoms with Crippen LogP contribution in [0.3, 0.4) is 0 Å². The lowest BCUT2D eigenvalue weighted by molar-refractivity contribution is -0.128. The zero-order valence-corrected chi connectivity index (χ0v) is 12.0. The molecule has 0 bridgehead atoms. The Balaban J connectivity index is 1.95. The normalized spacial score (nSPS) is 11.1. The molecule has 0 fully saturated rings. The van der Waals surface area contributed by atoms with E-state index in [1.807, 2.05) is 30.3 Å². The highest BCUT2D eigenvalue weighted by atomic mass is 32.2. The molecule has 0 aromatic heterocycles. The van der Waals surface area contributed by atoms with E-state index in [2.05, 4.69) is 0 Å². The highest BCUT2D eigenvalue weighted by Gasteiger charge is 2.13. The maximum absolute atomic E-state index is 11.7. The standard InChI is InChI=1S/C17H14O3S/c18-15(14-9-5-2-6-10-14)11-16(19)17(20)21-12-13-7-3-1-4-8-13/h1-11,18H,12H2. The quantitative estimate of drug-likeness (QED) is 0.520. The van der Waals surface area contributed by atoms with E-state index in [0.717, 1.165) is 23.4 Å². The van der Waals surface area contributed by atoms with E-state index in [-0.39, 0.29) is 5.76 Å².